The molecule has 5 atom stereocenters. The standard InChI is InChI=1S/C32H43FN6O9S/c1-5-19-14-32(19,28(42)37-49(45,46)21-9-10-21)36-26(40)25-13-20(47-30(44)38-15-18-7-6-8-23(33)22(18)17-38)16-39(25)27(41)24(11-12-34)35-29(43)48-31(2,3)4/h5-8,19-21,24-25H,1,9-17,34H2,2-4H3,(H,35,43)(H,36,40)(H,37,42). The molecule has 2 aliphatic carbocycles. The molecule has 0 bridgehead atoms. The van der Waals surface area contributed by atoms with Crippen LogP contribution in [0.5, 0.6) is 0 Å². The van der Waals surface area contributed by atoms with Gasteiger partial charge in [0.05, 0.1) is 18.3 Å². The number of likely N-dealkylation sites (tertiary alicyclic amines) is 1. The topological polar surface area (TPSA) is 207 Å². The van der Waals surface area contributed by atoms with E-state index in [2.05, 4.69) is 21.9 Å². The van der Waals surface area contributed by atoms with E-state index in [4.69, 9.17) is 15.2 Å². The maximum absolute atomic E-state index is 14.3. The zero-order valence-corrected chi connectivity index (χ0v) is 28.5. The van der Waals surface area contributed by atoms with Gasteiger partial charge in [0.2, 0.25) is 21.8 Å². The molecule has 1 saturated heterocycles. The van der Waals surface area contributed by atoms with Gasteiger partial charge in [0, 0.05) is 24.4 Å². The summed E-state index contributed by atoms with van der Waals surface area (Å²) in [5, 5.41) is 4.48. The van der Waals surface area contributed by atoms with Gasteiger partial charge in [0.25, 0.3) is 5.91 Å². The van der Waals surface area contributed by atoms with Crippen LogP contribution in [0.2, 0.25) is 0 Å². The van der Waals surface area contributed by atoms with Crippen molar-refractivity contribution in [1.82, 2.24) is 25.2 Å². The number of hydrogen-bond acceptors (Lipinski definition) is 10. The van der Waals surface area contributed by atoms with E-state index in [9.17, 15) is 36.8 Å². The van der Waals surface area contributed by atoms with Crippen molar-refractivity contribution < 1.29 is 46.3 Å². The Balaban J connectivity index is 1.35. The molecule has 2 aliphatic heterocycles. The molecule has 2 heterocycles. The predicted molar refractivity (Wildman–Crippen MR) is 172 cm³/mol. The molecule has 2 saturated carbocycles. The van der Waals surface area contributed by atoms with E-state index in [-0.39, 0.29) is 45.4 Å². The third kappa shape index (κ3) is 7.98. The second-order valence-electron chi connectivity index (χ2n) is 13.9. The average Bonchev–Trinajstić information content (AvgIpc) is 3.90. The normalized spacial score (nSPS) is 25.1. The summed E-state index contributed by atoms with van der Waals surface area (Å²) >= 11 is 0. The molecular formula is C32H43FN6O9S. The smallest absolute Gasteiger partial charge is 0.410 e. The van der Waals surface area contributed by atoms with Gasteiger partial charge in [-0.1, -0.05) is 18.2 Å². The largest absolute Gasteiger partial charge is 0.444 e. The molecule has 1 aromatic rings. The number of benzene rings is 1. The Morgan fingerprint density at radius 3 is 2.49 bits per heavy atom. The van der Waals surface area contributed by atoms with Gasteiger partial charge in [-0.3, -0.25) is 24.0 Å². The Bertz CT molecular complexity index is 1650. The lowest BCUT2D eigenvalue weighted by Crippen LogP contribution is -2.58. The summed E-state index contributed by atoms with van der Waals surface area (Å²) in [5.41, 5.74) is 4.26. The fourth-order valence-electron chi connectivity index (χ4n) is 6.20. The number of rotatable bonds is 11. The quantitative estimate of drug-likeness (QED) is 0.242. The molecular weight excluding hydrogens is 663 g/mol. The lowest BCUT2D eigenvalue weighted by molar-refractivity contribution is -0.141. The first-order chi connectivity index (χ1) is 23.0. The maximum Gasteiger partial charge on any atom is 0.410 e. The molecule has 5 unspecified atom stereocenters. The van der Waals surface area contributed by atoms with Gasteiger partial charge in [-0.15, -0.1) is 6.58 Å². The molecule has 5 amide bonds. The van der Waals surface area contributed by atoms with E-state index in [1.807, 2.05) is 0 Å². The summed E-state index contributed by atoms with van der Waals surface area (Å²) in [6, 6.07) is 2.03. The lowest BCUT2D eigenvalue weighted by atomic mass is 10.1. The van der Waals surface area contributed by atoms with Crippen LogP contribution in [0.25, 0.3) is 0 Å². The predicted octanol–water partition coefficient (Wildman–Crippen LogP) is 1.16. The fraction of sp³-hybridized carbons (Fsp3) is 0.594. The molecule has 4 aliphatic rings. The average molecular weight is 707 g/mol. The van der Waals surface area contributed by atoms with Crippen molar-refractivity contribution in [3.05, 3.63) is 47.8 Å². The number of nitrogens with two attached hydrogens (primary N) is 1. The Kier molecular flexibility index (Phi) is 9.98. The Hall–Kier alpha value is -4.25. The van der Waals surface area contributed by atoms with E-state index in [0.717, 1.165) is 4.90 Å². The Morgan fingerprint density at radius 1 is 1.18 bits per heavy atom. The number of nitrogens with zero attached hydrogens (tertiary/aromatic N) is 2. The number of amides is 5. The minimum atomic E-state index is -3.93. The molecule has 5 rings (SSSR count). The van der Waals surface area contributed by atoms with Crippen LogP contribution in [0.3, 0.4) is 0 Å². The highest BCUT2D eigenvalue weighted by molar-refractivity contribution is 7.91. The third-order valence-electron chi connectivity index (χ3n) is 8.99. The third-order valence-corrected chi connectivity index (χ3v) is 10.8. The number of halogens is 1. The number of fused-ring (bicyclic) bond motifs is 1. The van der Waals surface area contributed by atoms with Crippen LogP contribution in [-0.2, 0) is 47.0 Å². The minimum absolute atomic E-state index is 0.0127. The number of carbonyl (C=O) groups excluding carboxylic acids is 5. The highest BCUT2D eigenvalue weighted by Crippen LogP contribution is 2.45. The van der Waals surface area contributed by atoms with E-state index in [0.29, 0.717) is 24.0 Å². The zero-order chi connectivity index (χ0) is 35.9. The first-order valence-electron chi connectivity index (χ1n) is 16.2. The van der Waals surface area contributed by atoms with E-state index < -0.39 is 86.2 Å². The van der Waals surface area contributed by atoms with Crippen LogP contribution in [0.15, 0.2) is 30.9 Å². The molecule has 5 N–H and O–H groups in total. The van der Waals surface area contributed by atoms with Gasteiger partial charge in [-0.2, -0.15) is 0 Å². The summed E-state index contributed by atoms with van der Waals surface area (Å²) in [5.74, 6) is -3.46. The number of sulfonamides is 1. The van der Waals surface area contributed by atoms with Crippen LogP contribution < -0.4 is 21.1 Å². The number of carbonyl (C=O) groups is 5. The van der Waals surface area contributed by atoms with Crippen LogP contribution in [0.4, 0.5) is 14.0 Å². The van der Waals surface area contributed by atoms with Gasteiger partial charge < -0.3 is 30.7 Å². The summed E-state index contributed by atoms with van der Waals surface area (Å²) in [6.45, 7) is 8.45. The van der Waals surface area contributed by atoms with Crippen LogP contribution in [0, 0.1) is 11.7 Å². The van der Waals surface area contributed by atoms with Crippen LogP contribution in [0.1, 0.15) is 64.0 Å². The number of hydrogen-bond donors (Lipinski definition) is 4. The number of alkyl carbamates (subject to hydrolysis) is 1. The molecule has 0 spiro atoms. The fourth-order valence-corrected chi connectivity index (χ4v) is 7.56. The summed E-state index contributed by atoms with van der Waals surface area (Å²) in [4.78, 5) is 69.5. The van der Waals surface area contributed by atoms with Crippen molar-refractivity contribution in [2.75, 3.05) is 13.1 Å². The molecule has 15 nitrogen and oxygen atoms in total. The summed E-state index contributed by atoms with van der Waals surface area (Å²) in [6.07, 6.45) is -0.517. The summed E-state index contributed by atoms with van der Waals surface area (Å²) < 4.78 is 52.6. The second kappa shape index (κ2) is 13.6. The van der Waals surface area contributed by atoms with Crippen LogP contribution >= 0.6 is 0 Å². The molecule has 3 fully saturated rings. The monoisotopic (exact) mass is 706 g/mol. The molecule has 0 radical (unpaired) electrons. The molecule has 1 aromatic carbocycles. The zero-order valence-electron chi connectivity index (χ0n) is 27.7. The SMILES string of the molecule is C=CC1CC1(NC(=O)C1CC(OC(=O)N2Cc3cccc(F)c3C2)CN1C(=O)C(CCN)NC(=O)OC(C)(C)C)C(=O)NS(=O)(=O)C1CC1. The first kappa shape index (κ1) is 36.0. The highest BCUT2D eigenvalue weighted by atomic mass is 32.2. The maximum atomic E-state index is 14.3. The van der Waals surface area contributed by atoms with Gasteiger partial charge in [0.1, 0.15) is 35.1 Å². The molecule has 0 aromatic heterocycles. The molecule has 49 heavy (non-hydrogen) atoms. The van der Waals surface area contributed by atoms with Crippen molar-refractivity contribution in [2.45, 2.75) is 101 Å². The second-order valence-corrected chi connectivity index (χ2v) is 15.9. The number of ether oxygens (including phenoxy) is 2. The molecule has 268 valence electrons. The summed E-state index contributed by atoms with van der Waals surface area (Å²) in [7, 11) is -3.93. The van der Waals surface area contributed by atoms with Crippen molar-refractivity contribution >= 4 is 39.9 Å². The highest BCUT2D eigenvalue weighted by Gasteiger charge is 2.62. The number of nitrogens with one attached hydrogen (secondary N) is 3. The van der Waals surface area contributed by atoms with E-state index in [1.165, 1.54) is 17.0 Å². The Labute approximate surface area is 284 Å². The molecule has 17 heteroatoms. The van der Waals surface area contributed by atoms with Crippen molar-refractivity contribution in [2.24, 2.45) is 11.7 Å². The lowest BCUT2D eigenvalue weighted by Gasteiger charge is -2.30. The van der Waals surface area contributed by atoms with Gasteiger partial charge in [0.15, 0.2) is 0 Å². The van der Waals surface area contributed by atoms with Crippen molar-refractivity contribution in [1.29, 1.82) is 0 Å². The Morgan fingerprint density at radius 2 is 1.90 bits per heavy atom. The van der Waals surface area contributed by atoms with Gasteiger partial charge in [-0.05, 0) is 64.6 Å². The van der Waals surface area contributed by atoms with E-state index >= 15 is 0 Å². The first-order valence-corrected chi connectivity index (χ1v) is 17.7. The van der Waals surface area contributed by atoms with Gasteiger partial charge in [-0.25, -0.2) is 22.4 Å². The van der Waals surface area contributed by atoms with E-state index in [1.54, 1.807) is 32.9 Å². The van der Waals surface area contributed by atoms with Crippen molar-refractivity contribution in [3.63, 3.8) is 0 Å². The minimum Gasteiger partial charge on any atom is -0.444 e. The van der Waals surface area contributed by atoms with Crippen molar-refractivity contribution in [3.8, 4) is 0 Å². The van der Waals surface area contributed by atoms with Gasteiger partial charge >= 0.3 is 12.2 Å². The van der Waals surface area contributed by atoms with Crippen LogP contribution in [-0.4, -0.2) is 95.8 Å².